The van der Waals surface area contributed by atoms with Crippen LogP contribution in [0.1, 0.15) is 33.8 Å². The third-order valence-corrected chi connectivity index (χ3v) is 7.21. The lowest BCUT2D eigenvalue weighted by Gasteiger charge is -2.35. The van der Waals surface area contributed by atoms with Crippen molar-refractivity contribution in [2.45, 2.75) is 18.9 Å². The molecule has 6 rings (SSSR count). The molecule has 1 saturated carbocycles. The van der Waals surface area contributed by atoms with Crippen LogP contribution in [0.25, 0.3) is 11.0 Å². The molecule has 2 atom stereocenters. The third kappa shape index (κ3) is 4.56. The summed E-state index contributed by atoms with van der Waals surface area (Å²) in [5, 5.41) is 0. The summed E-state index contributed by atoms with van der Waals surface area (Å²) in [6.07, 6.45) is 2.51. The van der Waals surface area contributed by atoms with Gasteiger partial charge in [-0.3, -0.25) is 9.59 Å². The van der Waals surface area contributed by atoms with E-state index in [1.54, 1.807) is 6.33 Å². The summed E-state index contributed by atoms with van der Waals surface area (Å²) in [5.41, 5.74) is 4.66. The van der Waals surface area contributed by atoms with Crippen LogP contribution in [0, 0.1) is 5.92 Å². The van der Waals surface area contributed by atoms with Gasteiger partial charge in [0, 0.05) is 37.7 Å². The van der Waals surface area contributed by atoms with Crippen molar-refractivity contribution < 1.29 is 14.3 Å². The van der Waals surface area contributed by atoms with E-state index in [-0.39, 0.29) is 23.7 Å². The Bertz CT molecular complexity index is 1370. The molecule has 7 nitrogen and oxygen atoms in total. The van der Waals surface area contributed by atoms with Gasteiger partial charge in [0.25, 0.3) is 5.91 Å². The van der Waals surface area contributed by atoms with Crippen molar-refractivity contribution in [2.75, 3.05) is 26.2 Å². The zero-order valence-electron chi connectivity index (χ0n) is 20.0. The lowest BCUT2D eigenvalue weighted by Crippen LogP contribution is -2.51. The monoisotopic (exact) mass is 480 g/mol. The van der Waals surface area contributed by atoms with E-state index in [2.05, 4.69) is 22.1 Å². The van der Waals surface area contributed by atoms with Crippen LogP contribution in [0.5, 0.6) is 5.75 Å². The summed E-state index contributed by atoms with van der Waals surface area (Å²) in [5.74, 6) is 1.33. The van der Waals surface area contributed by atoms with Crippen molar-refractivity contribution in [1.82, 2.24) is 19.8 Å². The van der Waals surface area contributed by atoms with E-state index in [4.69, 9.17) is 4.74 Å². The van der Waals surface area contributed by atoms with Crippen LogP contribution >= 0.6 is 0 Å². The summed E-state index contributed by atoms with van der Waals surface area (Å²) in [6.45, 7) is 2.79. The fourth-order valence-corrected chi connectivity index (χ4v) is 5.00. The van der Waals surface area contributed by atoms with Crippen molar-refractivity contribution in [3.8, 4) is 5.75 Å². The van der Waals surface area contributed by atoms with Crippen LogP contribution in [-0.4, -0.2) is 57.8 Å². The molecule has 2 aliphatic rings. The van der Waals surface area contributed by atoms with Crippen LogP contribution in [-0.2, 0) is 11.4 Å². The molecule has 182 valence electrons. The zero-order chi connectivity index (χ0) is 24.5. The molecule has 2 unspecified atom stereocenters. The summed E-state index contributed by atoms with van der Waals surface area (Å²) >= 11 is 0. The molecule has 1 aromatic heterocycles. The highest BCUT2D eigenvalue weighted by molar-refractivity contribution is 5.97. The summed E-state index contributed by atoms with van der Waals surface area (Å²) in [6, 6.07) is 23.7. The number of nitrogens with zero attached hydrogens (tertiary/aromatic N) is 3. The first-order valence-corrected chi connectivity index (χ1v) is 12.4. The predicted molar refractivity (Wildman–Crippen MR) is 137 cm³/mol. The fraction of sp³-hybridized carbons (Fsp3) is 0.276. The number of carbonyl (C=O) groups is 2. The molecular weight excluding hydrogens is 452 g/mol. The Morgan fingerprint density at radius 1 is 0.917 bits per heavy atom. The van der Waals surface area contributed by atoms with E-state index in [1.807, 2.05) is 70.5 Å². The van der Waals surface area contributed by atoms with Gasteiger partial charge in [-0.1, -0.05) is 42.5 Å². The minimum absolute atomic E-state index is 0.00234. The first-order valence-electron chi connectivity index (χ1n) is 12.4. The van der Waals surface area contributed by atoms with E-state index in [1.165, 1.54) is 5.56 Å². The number of amides is 2. The number of aromatic nitrogens is 2. The molecule has 1 aliphatic heterocycles. The van der Waals surface area contributed by atoms with E-state index < -0.39 is 0 Å². The minimum Gasteiger partial charge on any atom is -0.489 e. The van der Waals surface area contributed by atoms with E-state index in [9.17, 15) is 9.59 Å². The number of aromatic amines is 1. The van der Waals surface area contributed by atoms with Crippen LogP contribution < -0.4 is 4.74 Å². The highest BCUT2D eigenvalue weighted by Gasteiger charge is 2.46. The Kier molecular flexibility index (Phi) is 5.89. The molecule has 4 aromatic rings. The number of hydrogen-bond donors (Lipinski definition) is 1. The molecule has 2 amide bonds. The standard InChI is InChI=1S/C29H28N4O3/c34-28(22-8-11-26-27(16-22)31-19-30-26)32-12-14-33(15-13-32)29(35)25-17-24(25)21-6-9-23(10-7-21)36-18-20-4-2-1-3-5-20/h1-11,16,19,24-25H,12-15,17-18H2,(H,30,31). The molecule has 0 bridgehead atoms. The SMILES string of the molecule is O=C(c1ccc2nc[nH]c2c1)N1CCN(C(=O)C2CC2c2ccc(OCc3ccccc3)cc2)CC1. The fourth-order valence-electron chi connectivity index (χ4n) is 5.00. The number of nitrogens with one attached hydrogen (secondary N) is 1. The number of hydrogen-bond acceptors (Lipinski definition) is 4. The molecule has 0 spiro atoms. The summed E-state index contributed by atoms with van der Waals surface area (Å²) in [7, 11) is 0. The molecule has 7 heteroatoms. The number of rotatable bonds is 6. The molecule has 1 N–H and O–H groups in total. The number of benzene rings is 3. The van der Waals surface area contributed by atoms with E-state index >= 15 is 0 Å². The number of fused-ring (bicyclic) bond motifs is 1. The quantitative estimate of drug-likeness (QED) is 0.448. The highest BCUT2D eigenvalue weighted by Crippen LogP contribution is 2.48. The van der Waals surface area contributed by atoms with Gasteiger partial charge < -0.3 is 19.5 Å². The number of imidazole rings is 1. The van der Waals surface area contributed by atoms with Crippen LogP contribution in [0.15, 0.2) is 79.1 Å². The number of carbonyl (C=O) groups excluding carboxylic acids is 2. The number of ether oxygens (including phenoxy) is 1. The second kappa shape index (κ2) is 9.49. The second-order valence-corrected chi connectivity index (χ2v) is 9.54. The smallest absolute Gasteiger partial charge is 0.254 e. The Hall–Kier alpha value is -4.13. The molecule has 2 fully saturated rings. The third-order valence-electron chi connectivity index (χ3n) is 7.21. The van der Waals surface area contributed by atoms with Gasteiger partial charge in [-0.15, -0.1) is 0 Å². The number of H-pyrrole nitrogens is 1. The normalized spacial score (nSPS) is 19.3. The van der Waals surface area contributed by atoms with Gasteiger partial charge in [0.05, 0.1) is 17.4 Å². The Morgan fingerprint density at radius 3 is 2.44 bits per heavy atom. The largest absolute Gasteiger partial charge is 0.489 e. The van der Waals surface area contributed by atoms with Gasteiger partial charge in [-0.25, -0.2) is 4.98 Å². The van der Waals surface area contributed by atoms with Gasteiger partial charge in [0.15, 0.2) is 0 Å². The highest BCUT2D eigenvalue weighted by atomic mass is 16.5. The molecule has 2 heterocycles. The molecule has 1 aliphatic carbocycles. The van der Waals surface area contributed by atoms with Gasteiger partial charge in [-0.05, 0) is 53.8 Å². The van der Waals surface area contributed by atoms with E-state index in [0.717, 1.165) is 28.8 Å². The van der Waals surface area contributed by atoms with Crippen LogP contribution in [0.4, 0.5) is 0 Å². The average molecular weight is 481 g/mol. The maximum absolute atomic E-state index is 13.1. The molecule has 1 saturated heterocycles. The zero-order valence-corrected chi connectivity index (χ0v) is 20.0. The van der Waals surface area contributed by atoms with Crippen molar-refractivity contribution in [1.29, 1.82) is 0 Å². The molecule has 3 aromatic carbocycles. The van der Waals surface area contributed by atoms with Crippen molar-refractivity contribution in [3.63, 3.8) is 0 Å². The van der Waals surface area contributed by atoms with Crippen molar-refractivity contribution >= 4 is 22.8 Å². The number of piperazine rings is 1. The first-order chi connectivity index (χ1) is 17.7. The summed E-state index contributed by atoms with van der Waals surface area (Å²) in [4.78, 5) is 37.1. The molecule has 36 heavy (non-hydrogen) atoms. The van der Waals surface area contributed by atoms with Crippen molar-refractivity contribution in [2.24, 2.45) is 5.92 Å². The maximum Gasteiger partial charge on any atom is 0.254 e. The lowest BCUT2D eigenvalue weighted by molar-refractivity contribution is -0.134. The minimum atomic E-state index is -0.00234. The predicted octanol–water partition coefficient (Wildman–Crippen LogP) is 4.23. The van der Waals surface area contributed by atoms with Gasteiger partial charge in [-0.2, -0.15) is 0 Å². The first kappa shape index (κ1) is 22.3. The summed E-state index contributed by atoms with van der Waals surface area (Å²) < 4.78 is 5.88. The average Bonchev–Trinajstić information content (AvgIpc) is 3.60. The maximum atomic E-state index is 13.1. The Balaban J connectivity index is 0.999. The van der Waals surface area contributed by atoms with Gasteiger partial charge in [0.2, 0.25) is 5.91 Å². The topological polar surface area (TPSA) is 78.5 Å². The lowest BCUT2D eigenvalue weighted by atomic mass is 10.1. The van der Waals surface area contributed by atoms with E-state index in [0.29, 0.717) is 38.3 Å². The molecule has 0 radical (unpaired) electrons. The van der Waals surface area contributed by atoms with Crippen LogP contribution in [0.3, 0.4) is 0 Å². The second-order valence-electron chi connectivity index (χ2n) is 9.54. The Morgan fingerprint density at radius 2 is 1.67 bits per heavy atom. The van der Waals surface area contributed by atoms with Gasteiger partial charge >= 0.3 is 0 Å². The molecular formula is C29H28N4O3. The van der Waals surface area contributed by atoms with Crippen molar-refractivity contribution in [3.05, 3.63) is 95.8 Å². The van der Waals surface area contributed by atoms with Crippen LogP contribution in [0.2, 0.25) is 0 Å². The Labute approximate surface area is 209 Å². The van der Waals surface area contributed by atoms with Gasteiger partial charge in [0.1, 0.15) is 12.4 Å².